The zero-order valence-corrected chi connectivity index (χ0v) is 10.4. The van der Waals surface area contributed by atoms with Crippen LogP contribution < -0.4 is 11.2 Å². The fourth-order valence-corrected chi connectivity index (χ4v) is 2.30. The van der Waals surface area contributed by atoms with Crippen molar-refractivity contribution in [2.75, 3.05) is 5.88 Å². The van der Waals surface area contributed by atoms with Gasteiger partial charge in [0.25, 0.3) is 5.56 Å². The predicted molar refractivity (Wildman–Crippen MR) is 61.6 cm³/mol. The minimum absolute atomic E-state index is 0.0263. The van der Waals surface area contributed by atoms with Gasteiger partial charge in [-0.15, -0.1) is 23.2 Å². The molecule has 1 aliphatic heterocycles. The van der Waals surface area contributed by atoms with Crippen LogP contribution >= 0.6 is 23.2 Å². The SMILES string of the molecule is O=c1[nH]c(=O)n([C@@H]2O[C@H](CCl)[C@@H](O)[C@H]2Cl)cc1F. The Balaban J connectivity index is 2.42. The van der Waals surface area contributed by atoms with Crippen molar-refractivity contribution in [3.05, 3.63) is 32.9 Å². The molecule has 1 fully saturated rings. The van der Waals surface area contributed by atoms with Gasteiger partial charge in [0.2, 0.25) is 5.82 Å². The van der Waals surface area contributed by atoms with Crippen LogP contribution in [0.25, 0.3) is 0 Å². The fraction of sp³-hybridized carbons (Fsp3) is 0.556. The van der Waals surface area contributed by atoms with Crippen LogP contribution in [0.15, 0.2) is 15.8 Å². The smallest absolute Gasteiger partial charge is 0.330 e. The minimum Gasteiger partial charge on any atom is -0.389 e. The maximum absolute atomic E-state index is 13.1. The van der Waals surface area contributed by atoms with Crippen LogP contribution in [0.1, 0.15) is 6.23 Å². The van der Waals surface area contributed by atoms with Crippen molar-refractivity contribution in [1.29, 1.82) is 0 Å². The van der Waals surface area contributed by atoms with Gasteiger partial charge in [0, 0.05) is 0 Å². The Bertz CT molecular complexity index is 560. The molecule has 1 saturated heterocycles. The van der Waals surface area contributed by atoms with Crippen molar-refractivity contribution in [1.82, 2.24) is 9.55 Å². The van der Waals surface area contributed by atoms with Crippen molar-refractivity contribution < 1.29 is 14.2 Å². The van der Waals surface area contributed by atoms with Gasteiger partial charge in [-0.3, -0.25) is 14.3 Å². The highest BCUT2D eigenvalue weighted by atomic mass is 35.5. The number of aromatic amines is 1. The minimum atomic E-state index is -1.15. The number of aliphatic hydroxyl groups excluding tert-OH is 1. The summed E-state index contributed by atoms with van der Waals surface area (Å²) >= 11 is 11.4. The first-order chi connectivity index (χ1) is 8.45. The molecule has 0 bridgehead atoms. The number of nitrogens with one attached hydrogen (secondary N) is 1. The van der Waals surface area contributed by atoms with E-state index in [4.69, 9.17) is 27.9 Å². The first kappa shape index (κ1) is 13.5. The molecule has 1 aliphatic rings. The monoisotopic (exact) mass is 298 g/mol. The summed E-state index contributed by atoms with van der Waals surface area (Å²) in [7, 11) is 0. The number of alkyl halides is 2. The zero-order valence-electron chi connectivity index (χ0n) is 8.85. The second-order valence-corrected chi connectivity index (χ2v) is 4.61. The Morgan fingerprint density at radius 3 is 2.78 bits per heavy atom. The standard InChI is InChI=1S/C9H9Cl2FN2O4/c10-1-4-6(15)5(11)8(18-4)14-2-3(12)7(16)13-9(14)17/h2,4-6,8,15H,1H2,(H,13,16,17)/t4-,5-,6-,8-/m1/s1. The second-order valence-electron chi connectivity index (χ2n) is 3.80. The van der Waals surface area contributed by atoms with E-state index in [9.17, 15) is 19.1 Å². The number of hydrogen-bond acceptors (Lipinski definition) is 4. The normalized spacial score (nSPS) is 31.8. The molecule has 0 saturated carbocycles. The number of nitrogens with zero attached hydrogens (tertiary/aromatic N) is 1. The lowest BCUT2D eigenvalue weighted by molar-refractivity contribution is -0.00842. The molecule has 0 unspecified atom stereocenters. The fourth-order valence-electron chi connectivity index (χ4n) is 1.70. The van der Waals surface area contributed by atoms with Crippen LogP contribution in [-0.4, -0.2) is 38.1 Å². The van der Waals surface area contributed by atoms with Crippen LogP contribution in [0.3, 0.4) is 0 Å². The summed E-state index contributed by atoms with van der Waals surface area (Å²) in [6.07, 6.45) is -2.26. The van der Waals surface area contributed by atoms with E-state index in [1.54, 1.807) is 4.98 Å². The van der Waals surface area contributed by atoms with Crippen LogP contribution in [0.5, 0.6) is 0 Å². The van der Waals surface area contributed by atoms with E-state index < -0.39 is 40.9 Å². The molecule has 6 nitrogen and oxygen atoms in total. The third kappa shape index (κ3) is 2.18. The van der Waals surface area contributed by atoms with Crippen molar-refractivity contribution in [2.45, 2.75) is 23.8 Å². The van der Waals surface area contributed by atoms with E-state index >= 15 is 0 Å². The molecule has 18 heavy (non-hydrogen) atoms. The molecular weight excluding hydrogens is 290 g/mol. The van der Waals surface area contributed by atoms with Crippen LogP contribution in [0, 0.1) is 5.82 Å². The molecule has 2 rings (SSSR count). The van der Waals surface area contributed by atoms with Gasteiger partial charge in [-0.1, -0.05) is 0 Å². The van der Waals surface area contributed by atoms with E-state index in [0.717, 1.165) is 4.57 Å². The topological polar surface area (TPSA) is 84.3 Å². The zero-order chi connectivity index (χ0) is 13.4. The highest BCUT2D eigenvalue weighted by molar-refractivity contribution is 6.22. The summed E-state index contributed by atoms with van der Waals surface area (Å²) in [5, 5.41) is 8.71. The van der Waals surface area contributed by atoms with Crippen LogP contribution in [0.2, 0.25) is 0 Å². The Kier molecular flexibility index (Phi) is 3.76. The van der Waals surface area contributed by atoms with Gasteiger partial charge < -0.3 is 9.84 Å². The quantitative estimate of drug-likeness (QED) is 0.740. The number of H-pyrrole nitrogens is 1. The molecule has 0 spiro atoms. The maximum Gasteiger partial charge on any atom is 0.330 e. The molecule has 0 radical (unpaired) electrons. The number of rotatable bonds is 2. The lowest BCUT2D eigenvalue weighted by Gasteiger charge is -2.16. The first-order valence-electron chi connectivity index (χ1n) is 5.00. The molecular formula is C9H9Cl2FN2O4. The predicted octanol–water partition coefficient (Wildman–Crippen LogP) is -0.220. The van der Waals surface area contributed by atoms with E-state index in [1.165, 1.54) is 0 Å². The number of aromatic nitrogens is 2. The number of ether oxygens (including phenoxy) is 1. The maximum atomic E-state index is 13.1. The summed E-state index contributed by atoms with van der Waals surface area (Å²) in [4.78, 5) is 24.2. The molecule has 0 aromatic carbocycles. The molecule has 0 amide bonds. The van der Waals surface area contributed by atoms with Gasteiger partial charge in [0.15, 0.2) is 6.23 Å². The lowest BCUT2D eigenvalue weighted by atomic mass is 10.2. The Labute approximate surface area is 110 Å². The summed E-state index contributed by atoms with van der Waals surface area (Å²) in [6.45, 7) is 0. The van der Waals surface area contributed by atoms with E-state index in [1.807, 2.05) is 0 Å². The molecule has 100 valence electrons. The van der Waals surface area contributed by atoms with Crippen molar-refractivity contribution >= 4 is 23.2 Å². The number of hydrogen-bond donors (Lipinski definition) is 2. The first-order valence-corrected chi connectivity index (χ1v) is 5.97. The third-order valence-electron chi connectivity index (χ3n) is 2.64. The molecule has 4 atom stereocenters. The largest absolute Gasteiger partial charge is 0.389 e. The van der Waals surface area contributed by atoms with Gasteiger partial charge in [-0.25, -0.2) is 4.79 Å². The van der Waals surface area contributed by atoms with Crippen molar-refractivity contribution in [3.63, 3.8) is 0 Å². The van der Waals surface area contributed by atoms with Gasteiger partial charge in [0.05, 0.1) is 12.1 Å². The number of aliphatic hydroxyl groups is 1. The molecule has 2 N–H and O–H groups in total. The number of halogens is 3. The third-order valence-corrected chi connectivity index (χ3v) is 3.42. The molecule has 1 aromatic rings. The van der Waals surface area contributed by atoms with E-state index in [-0.39, 0.29) is 5.88 Å². The van der Waals surface area contributed by atoms with E-state index in [0.29, 0.717) is 6.20 Å². The van der Waals surface area contributed by atoms with Gasteiger partial charge in [0.1, 0.15) is 17.6 Å². The average molecular weight is 299 g/mol. The Morgan fingerprint density at radius 2 is 2.22 bits per heavy atom. The Morgan fingerprint density at radius 1 is 1.56 bits per heavy atom. The second kappa shape index (κ2) is 5.00. The van der Waals surface area contributed by atoms with Gasteiger partial charge in [-0.2, -0.15) is 4.39 Å². The van der Waals surface area contributed by atoms with Crippen molar-refractivity contribution in [3.8, 4) is 0 Å². The average Bonchev–Trinajstić information content (AvgIpc) is 2.61. The van der Waals surface area contributed by atoms with Gasteiger partial charge >= 0.3 is 5.69 Å². The molecule has 1 aromatic heterocycles. The highest BCUT2D eigenvalue weighted by Crippen LogP contribution is 2.32. The highest BCUT2D eigenvalue weighted by Gasteiger charge is 2.43. The van der Waals surface area contributed by atoms with Gasteiger partial charge in [-0.05, 0) is 0 Å². The summed E-state index contributed by atoms with van der Waals surface area (Å²) < 4.78 is 19.2. The lowest BCUT2D eigenvalue weighted by Crippen LogP contribution is -2.36. The van der Waals surface area contributed by atoms with Crippen molar-refractivity contribution in [2.24, 2.45) is 0 Å². The summed E-state index contributed by atoms with van der Waals surface area (Å²) in [5.74, 6) is -1.17. The summed E-state index contributed by atoms with van der Waals surface area (Å²) in [5.41, 5.74) is -2.01. The molecule has 2 heterocycles. The van der Waals surface area contributed by atoms with Crippen LogP contribution in [-0.2, 0) is 4.74 Å². The Hall–Kier alpha value is -0.890. The van der Waals surface area contributed by atoms with E-state index in [2.05, 4.69) is 0 Å². The molecule has 9 heteroatoms. The molecule has 0 aliphatic carbocycles. The van der Waals surface area contributed by atoms with Crippen LogP contribution in [0.4, 0.5) is 4.39 Å². The summed E-state index contributed by atoms with van der Waals surface area (Å²) in [6, 6.07) is 0.